The molecular weight excluding hydrogens is 232 g/mol. The first-order valence-electron chi connectivity index (χ1n) is 6.93. The van der Waals surface area contributed by atoms with Crippen LogP contribution in [0.15, 0.2) is 54.6 Å². The molecule has 0 aromatic heterocycles. The molecule has 0 radical (unpaired) electrons. The van der Waals surface area contributed by atoms with Crippen LogP contribution in [-0.4, -0.2) is 12.6 Å². The van der Waals surface area contributed by atoms with Gasteiger partial charge in [0.2, 0.25) is 0 Å². The van der Waals surface area contributed by atoms with Crippen molar-refractivity contribution < 1.29 is 0 Å². The summed E-state index contributed by atoms with van der Waals surface area (Å²) in [6.45, 7) is 5.24. The fraction of sp³-hybridized carbons (Fsp3) is 0.294. The molecule has 19 heavy (non-hydrogen) atoms. The average molecular weight is 252 g/mol. The van der Waals surface area contributed by atoms with Crippen LogP contribution in [-0.2, 0) is 13.1 Å². The first kappa shape index (κ1) is 12.2. The highest BCUT2D eigenvalue weighted by atomic mass is 15.2. The number of anilines is 1. The van der Waals surface area contributed by atoms with Crippen LogP contribution in [0.4, 0.5) is 5.69 Å². The molecule has 1 aliphatic rings. The maximum Gasteiger partial charge on any atom is 0.0430 e. The fourth-order valence-electron chi connectivity index (χ4n) is 2.70. The van der Waals surface area contributed by atoms with Gasteiger partial charge in [0.05, 0.1) is 0 Å². The second kappa shape index (κ2) is 5.45. The Kier molecular flexibility index (Phi) is 3.51. The lowest BCUT2D eigenvalue weighted by Crippen LogP contribution is -2.35. The monoisotopic (exact) mass is 252 g/mol. The number of para-hydroxylation sites is 1. The molecule has 0 aliphatic carbocycles. The Morgan fingerprint density at radius 2 is 1.79 bits per heavy atom. The van der Waals surface area contributed by atoms with Crippen molar-refractivity contribution in [3.8, 4) is 0 Å². The minimum Gasteiger partial charge on any atom is -0.365 e. The summed E-state index contributed by atoms with van der Waals surface area (Å²) in [6.07, 6.45) is 0. The van der Waals surface area contributed by atoms with E-state index in [0.29, 0.717) is 6.04 Å². The number of nitrogens with zero attached hydrogens (tertiary/aromatic N) is 1. The van der Waals surface area contributed by atoms with Crippen LogP contribution in [0.1, 0.15) is 18.1 Å². The van der Waals surface area contributed by atoms with Gasteiger partial charge in [-0.2, -0.15) is 0 Å². The van der Waals surface area contributed by atoms with Gasteiger partial charge in [0, 0.05) is 31.4 Å². The maximum atomic E-state index is 3.57. The van der Waals surface area contributed by atoms with Crippen LogP contribution in [0.2, 0.25) is 0 Å². The van der Waals surface area contributed by atoms with Gasteiger partial charge in [-0.3, -0.25) is 0 Å². The fourth-order valence-corrected chi connectivity index (χ4v) is 2.70. The third-order valence-corrected chi connectivity index (χ3v) is 3.68. The number of rotatable bonds is 2. The summed E-state index contributed by atoms with van der Waals surface area (Å²) in [5.74, 6) is 0. The van der Waals surface area contributed by atoms with E-state index in [9.17, 15) is 0 Å². The van der Waals surface area contributed by atoms with Crippen LogP contribution < -0.4 is 10.2 Å². The molecular formula is C17H20N2. The van der Waals surface area contributed by atoms with E-state index >= 15 is 0 Å². The molecule has 0 saturated heterocycles. The second-order valence-electron chi connectivity index (χ2n) is 5.28. The maximum absolute atomic E-state index is 3.57. The van der Waals surface area contributed by atoms with Crippen LogP contribution in [0.5, 0.6) is 0 Å². The third kappa shape index (κ3) is 2.79. The van der Waals surface area contributed by atoms with E-state index in [1.54, 1.807) is 0 Å². The highest BCUT2D eigenvalue weighted by Gasteiger charge is 2.18. The smallest absolute Gasteiger partial charge is 0.0430 e. The Balaban J connectivity index is 1.90. The average Bonchev–Trinajstić information content (AvgIpc) is 2.60. The Morgan fingerprint density at radius 1 is 1.05 bits per heavy atom. The Bertz CT molecular complexity index is 536. The molecule has 1 N–H and O–H groups in total. The van der Waals surface area contributed by atoms with Crippen LogP contribution in [0, 0.1) is 0 Å². The predicted octanol–water partition coefficient (Wildman–Crippen LogP) is 3.18. The van der Waals surface area contributed by atoms with Crippen LogP contribution in [0.3, 0.4) is 0 Å². The van der Waals surface area contributed by atoms with E-state index in [4.69, 9.17) is 0 Å². The number of benzene rings is 2. The van der Waals surface area contributed by atoms with Gasteiger partial charge in [0.1, 0.15) is 0 Å². The van der Waals surface area contributed by atoms with Crippen molar-refractivity contribution in [2.24, 2.45) is 0 Å². The Morgan fingerprint density at radius 3 is 2.63 bits per heavy atom. The molecule has 2 aromatic rings. The molecule has 0 spiro atoms. The van der Waals surface area contributed by atoms with Gasteiger partial charge >= 0.3 is 0 Å². The van der Waals surface area contributed by atoms with Gasteiger partial charge in [0.25, 0.3) is 0 Å². The van der Waals surface area contributed by atoms with Gasteiger partial charge in [-0.1, -0.05) is 48.5 Å². The molecule has 1 unspecified atom stereocenters. The minimum absolute atomic E-state index is 0.510. The van der Waals surface area contributed by atoms with Crippen LogP contribution in [0.25, 0.3) is 0 Å². The van der Waals surface area contributed by atoms with Crippen molar-refractivity contribution in [2.45, 2.75) is 26.1 Å². The summed E-state index contributed by atoms with van der Waals surface area (Å²) in [5.41, 5.74) is 4.12. The lowest BCUT2D eigenvalue weighted by atomic mass is 10.1. The van der Waals surface area contributed by atoms with Gasteiger partial charge in [-0.05, 0) is 24.1 Å². The molecule has 0 amide bonds. The summed E-state index contributed by atoms with van der Waals surface area (Å²) in [7, 11) is 0. The number of hydrogen-bond donors (Lipinski definition) is 1. The van der Waals surface area contributed by atoms with Gasteiger partial charge in [-0.15, -0.1) is 0 Å². The molecule has 0 fully saturated rings. The van der Waals surface area contributed by atoms with Crippen molar-refractivity contribution in [1.82, 2.24) is 5.32 Å². The lowest BCUT2D eigenvalue weighted by Gasteiger charge is -2.26. The molecule has 98 valence electrons. The zero-order valence-corrected chi connectivity index (χ0v) is 11.3. The quantitative estimate of drug-likeness (QED) is 0.883. The Labute approximate surface area is 115 Å². The summed E-state index contributed by atoms with van der Waals surface area (Å²) in [5, 5.41) is 3.57. The van der Waals surface area contributed by atoms with E-state index in [-0.39, 0.29) is 0 Å². The van der Waals surface area contributed by atoms with E-state index in [0.717, 1.165) is 19.6 Å². The second-order valence-corrected chi connectivity index (χ2v) is 5.28. The first-order chi connectivity index (χ1) is 9.33. The summed E-state index contributed by atoms with van der Waals surface area (Å²) < 4.78 is 0. The van der Waals surface area contributed by atoms with Crippen molar-refractivity contribution in [2.75, 3.05) is 11.4 Å². The van der Waals surface area contributed by atoms with Gasteiger partial charge < -0.3 is 10.2 Å². The number of fused-ring (bicyclic) bond motifs is 1. The zero-order chi connectivity index (χ0) is 13.1. The molecule has 2 heteroatoms. The van der Waals surface area contributed by atoms with Crippen LogP contribution >= 0.6 is 0 Å². The van der Waals surface area contributed by atoms with Crippen molar-refractivity contribution in [3.63, 3.8) is 0 Å². The third-order valence-electron chi connectivity index (χ3n) is 3.68. The highest BCUT2D eigenvalue weighted by Crippen LogP contribution is 2.24. The van der Waals surface area contributed by atoms with E-state index in [1.165, 1.54) is 16.8 Å². The number of hydrogen-bond acceptors (Lipinski definition) is 2. The number of nitrogens with one attached hydrogen (secondary N) is 1. The van der Waals surface area contributed by atoms with E-state index in [2.05, 4.69) is 71.7 Å². The first-order valence-corrected chi connectivity index (χ1v) is 6.93. The largest absolute Gasteiger partial charge is 0.365 e. The normalized spacial score (nSPS) is 18.8. The molecule has 1 heterocycles. The van der Waals surface area contributed by atoms with Crippen molar-refractivity contribution in [3.05, 3.63) is 65.7 Å². The molecule has 1 aliphatic heterocycles. The molecule has 0 bridgehead atoms. The molecule has 0 saturated carbocycles. The summed E-state index contributed by atoms with van der Waals surface area (Å²) >= 11 is 0. The van der Waals surface area contributed by atoms with E-state index in [1.807, 2.05) is 0 Å². The van der Waals surface area contributed by atoms with Gasteiger partial charge in [0.15, 0.2) is 0 Å². The summed E-state index contributed by atoms with van der Waals surface area (Å²) in [6, 6.07) is 19.9. The van der Waals surface area contributed by atoms with Crippen molar-refractivity contribution in [1.29, 1.82) is 0 Å². The van der Waals surface area contributed by atoms with Gasteiger partial charge in [-0.25, -0.2) is 0 Å². The SMILES string of the molecule is CC1CN(Cc2ccccc2)c2ccccc2CN1. The van der Waals surface area contributed by atoms with Crippen molar-refractivity contribution >= 4 is 5.69 Å². The minimum atomic E-state index is 0.510. The molecule has 3 rings (SSSR count). The lowest BCUT2D eigenvalue weighted by molar-refractivity contribution is 0.552. The topological polar surface area (TPSA) is 15.3 Å². The summed E-state index contributed by atoms with van der Waals surface area (Å²) in [4.78, 5) is 2.48. The van der Waals surface area contributed by atoms with E-state index < -0.39 is 0 Å². The molecule has 2 aromatic carbocycles. The molecule has 1 atom stereocenters. The standard InChI is InChI=1S/C17H20N2/c1-14-12-19(13-15-7-3-2-4-8-15)17-10-6-5-9-16(17)11-18-14/h2-10,14,18H,11-13H2,1H3. The predicted molar refractivity (Wildman–Crippen MR) is 80.2 cm³/mol. The Hall–Kier alpha value is -1.80. The highest BCUT2D eigenvalue weighted by molar-refractivity contribution is 5.55. The zero-order valence-electron chi connectivity index (χ0n) is 11.3. The molecule has 2 nitrogen and oxygen atoms in total.